The lowest BCUT2D eigenvalue weighted by molar-refractivity contribution is -0.134. The molecule has 3 aromatic rings. The lowest BCUT2D eigenvalue weighted by Crippen LogP contribution is -2.42. The normalized spacial score (nSPS) is 14.9. The number of carbonyl (C=O) groups excluding carboxylic acids is 1. The van der Waals surface area contributed by atoms with Crippen molar-refractivity contribution in [1.29, 1.82) is 0 Å². The van der Waals surface area contributed by atoms with Gasteiger partial charge < -0.3 is 9.64 Å². The first kappa shape index (κ1) is 21.4. The van der Waals surface area contributed by atoms with Crippen molar-refractivity contribution in [3.63, 3.8) is 0 Å². The molecule has 1 aliphatic heterocycles. The van der Waals surface area contributed by atoms with Gasteiger partial charge in [-0.25, -0.2) is 9.78 Å². The minimum atomic E-state index is -0.0471. The van der Waals surface area contributed by atoms with E-state index in [1.165, 1.54) is 0 Å². The van der Waals surface area contributed by atoms with Crippen LogP contribution >= 0.6 is 11.6 Å². The summed E-state index contributed by atoms with van der Waals surface area (Å²) in [6.07, 6.45) is 3.41. The second-order valence-corrected chi connectivity index (χ2v) is 8.66. The fourth-order valence-corrected chi connectivity index (χ4v) is 4.36. The fourth-order valence-electron chi connectivity index (χ4n) is 4.25. The first-order valence-corrected chi connectivity index (χ1v) is 10.9. The summed E-state index contributed by atoms with van der Waals surface area (Å²) in [4.78, 5) is 31.5. The zero-order chi connectivity index (χ0) is 22.1. The SMILES string of the molecule is Cc1cc(OCC(=O)N2CCC(Cn3c(=O)n(C)c4cccnc43)CC2)cc(C)c1Cl. The van der Waals surface area contributed by atoms with E-state index in [0.29, 0.717) is 31.3 Å². The maximum atomic E-state index is 12.6. The molecule has 164 valence electrons. The number of halogens is 1. The molecule has 1 fully saturated rings. The van der Waals surface area contributed by atoms with Gasteiger partial charge in [0.05, 0.1) is 5.52 Å². The van der Waals surface area contributed by atoms with Crippen molar-refractivity contribution in [2.24, 2.45) is 13.0 Å². The topological polar surface area (TPSA) is 69.4 Å². The predicted octanol–water partition coefficient (Wildman–Crippen LogP) is 3.32. The molecule has 2 aromatic heterocycles. The number of pyridine rings is 1. The summed E-state index contributed by atoms with van der Waals surface area (Å²) in [6.45, 7) is 5.81. The van der Waals surface area contributed by atoms with Gasteiger partial charge in [-0.1, -0.05) is 11.6 Å². The first-order chi connectivity index (χ1) is 14.8. The molecule has 0 saturated carbocycles. The standard InChI is InChI=1S/C23H27ClN4O3/c1-15-11-18(12-16(2)21(15)24)31-14-20(29)27-9-6-17(7-10-27)13-28-22-19(5-4-8-25-22)26(3)23(28)30/h4-5,8,11-12,17H,6-7,9-10,13-14H2,1-3H3. The Labute approximate surface area is 186 Å². The number of likely N-dealkylation sites (tertiary alicyclic amines) is 1. The molecule has 8 heteroatoms. The molecule has 31 heavy (non-hydrogen) atoms. The molecule has 4 rings (SSSR count). The van der Waals surface area contributed by atoms with Crippen molar-refractivity contribution in [3.8, 4) is 5.75 Å². The molecule has 0 bridgehead atoms. The largest absolute Gasteiger partial charge is 0.484 e. The Morgan fingerprint density at radius 1 is 1.23 bits per heavy atom. The lowest BCUT2D eigenvalue weighted by atomic mass is 9.96. The number of fused-ring (bicyclic) bond motifs is 1. The van der Waals surface area contributed by atoms with Crippen LogP contribution in [0, 0.1) is 19.8 Å². The molecule has 3 heterocycles. The number of carbonyl (C=O) groups is 1. The van der Waals surface area contributed by atoms with Crippen LogP contribution in [-0.4, -0.2) is 44.6 Å². The summed E-state index contributed by atoms with van der Waals surface area (Å²) in [7, 11) is 1.77. The second kappa shape index (κ2) is 8.75. The number of benzene rings is 1. The molecule has 0 atom stereocenters. The van der Waals surface area contributed by atoms with Crippen LogP contribution < -0.4 is 10.4 Å². The average molecular weight is 443 g/mol. The summed E-state index contributed by atoms with van der Waals surface area (Å²) >= 11 is 6.19. The number of amides is 1. The fraction of sp³-hybridized carbons (Fsp3) is 0.435. The van der Waals surface area contributed by atoms with Gasteiger partial charge in [-0.3, -0.25) is 13.9 Å². The molecular weight excluding hydrogens is 416 g/mol. The van der Waals surface area contributed by atoms with Gasteiger partial charge in [-0.05, 0) is 68.0 Å². The van der Waals surface area contributed by atoms with Crippen LogP contribution in [0.1, 0.15) is 24.0 Å². The van der Waals surface area contributed by atoms with Crippen LogP contribution in [0.25, 0.3) is 11.2 Å². The van der Waals surface area contributed by atoms with Crippen LogP contribution in [0.5, 0.6) is 5.75 Å². The van der Waals surface area contributed by atoms with E-state index in [0.717, 1.165) is 40.2 Å². The van der Waals surface area contributed by atoms with Crippen molar-refractivity contribution >= 4 is 28.7 Å². The van der Waals surface area contributed by atoms with E-state index in [9.17, 15) is 9.59 Å². The van der Waals surface area contributed by atoms with Gasteiger partial charge in [0.2, 0.25) is 0 Å². The van der Waals surface area contributed by atoms with Crippen molar-refractivity contribution in [2.45, 2.75) is 33.2 Å². The third-order valence-corrected chi connectivity index (χ3v) is 6.68. The quantitative estimate of drug-likeness (QED) is 0.607. The van der Waals surface area contributed by atoms with Gasteiger partial charge in [-0.15, -0.1) is 0 Å². The Morgan fingerprint density at radius 2 is 1.90 bits per heavy atom. The number of aryl methyl sites for hydroxylation is 3. The number of hydrogen-bond acceptors (Lipinski definition) is 4. The summed E-state index contributed by atoms with van der Waals surface area (Å²) in [5.74, 6) is 0.968. The maximum absolute atomic E-state index is 12.6. The van der Waals surface area contributed by atoms with Crippen LogP contribution in [0.3, 0.4) is 0 Å². The zero-order valence-electron chi connectivity index (χ0n) is 18.1. The average Bonchev–Trinajstić information content (AvgIpc) is 3.01. The summed E-state index contributed by atoms with van der Waals surface area (Å²) in [5, 5.41) is 0.723. The van der Waals surface area contributed by atoms with Gasteiger partial charge in [0, 0.05) is 37.9 Å². The Hall–Kier alpha value is -2.80. The van der Waals surface area contributed by atoms with Crippen LogP contribution in [-0.2, 0) is 18.4 Å². The third-order valence-electron chi connectivity index (χ3n) is 6.08. The Morgan fingerprint density at radius 3 is 2.58 bits per heavy atom. The number of hydrogen-bond donors (Lipinski definition) is 0. The van der Waals surface area contributed by atoms with Gasteiger partial charge in [0.25, 0.3) is 5.91 Å². The highest BCUT2D eigenvalue weighted by atomic mass is 35.5. The molecule has 7 nitrogen and oxygen atoms in total. The zero-order valence-corrected chi connectivity index (χ0v) is 18.9. The highest BCUT2D eigenvalue weighted by Crippen LogP contribution is 2.26. The van der Waals surface area contributed by atoms with Crippen molar-refractivity contribution in [3.05, 3.63) is 57.1 Å². The van der Waals surface area contributed by atoms with E-state index in [1.54, 1.807) is 22.4 Å². The molecule has 0 unspecified atom stereocenters. The number of rotatable bonds is 5. The summed E-state index contributed by atoms with van der Waals surface area (Å²) in [5.41, 5.74) is 3.38. The molecule has 1 amide bonds. The number of imidazole rings is 1. The van der Waals surface area contributed by atoms with Crippen molar-refractivity contribution in [2.75, 3.05) is 19.7 Å². The third kappa shape index (κ3) is 4.32. The van der Waals surface area contributed by atoms with E-state index in [4.69, 9.17) is 16.3 Å². The highest BCUT2D eigenvalue weighted by molar-refractivity contribution is 6.32. The monoisotopic (exact) mass is 442 g/mol. The minimum Gasteiger partial charge on any atom is -0.484 e. The number of aromatic nitrogens is 3. The van der Waals surface area contributed by atoms with Gasteiger partial charge >= 0.3 is 5.69 Å². The maximum Gasteiger partial charge on any atom is 0.330 e. The van der Waals surface area contributed by atoms with E-state index in [1.807, 2.05) is 43.0 Å². The van der Waals surface area contributed by atoms with E-state index in [2.05, 4.69) is 4.98 Å². The smallest absolute Gasteiger partial charge is 0.330 e. The minimum absolute atomic E-state index is 0.0118. The molecule has 0 spiro atoms. The number of piperidine rings is 1. The summed E-state index contributed by atoms with van der Waals surface area (Å²) < 4.78 is 9.11. The van der Waals surface area contributed by atoms with Crippen LogP contribution in [0.15, 0.2) is 35.3 Å². The molecule has 0 N–H and O–H groups in total. The highest BCUT2D eigenvalue weighted by Gasteiger charge is 2.25. The second-order valence-electron chi connectivity index (χ2n) is 8.28. The molecular formula is C23H27ClN4O3. The molecule has 0 radical (unpaired) electrons. The molecule has 1 aliphatic rings. The van der Waals surface area contributed by atoms with Crippen LogP contribution in [0.2, 0.25) is 5.02 Å². The van der Waals surface area contributed by atoms with Gasteiger partial charge in [-0.2, -0.15) is 0 Å². The Kier molecular flexibility index (Phi) is 6.05. The summed E-state index contributed by atoms with van der Waals surface area (Å²) in [6, 6.07) is 7.45. The Bertz CT molecular complexity index is 1150. The van der Waals surface area contributed by atoms with Crippen molar-refractivity contribution < 1.29 is 9.53 Å². The van der Waals surface area contributed by atoms with E-state index in [-0.39, 0.29) is 18.2 Å². The Balaban J connectivity index is 1.33. The molecule has 1 aromatic carbocycles. The molecule has 0 aliphatic carbocycles. The van der Waals surface area contributed by atoms with Crippen molar-refractivity contribution in [1.82, 2.24) is 19.0 Å². The number of ether oxygens (including phenoxy) is 1. The van der Waals surface area contributed by atoms with Crippen LogP contribution in [0.4, 0.5) is 0 Å². The van der Waals surface area contributed by atoms with E-state index < -0.39 is 0 Å². The van der Waals surface area contributed by atoms with Gasteiger partial charge in [0.1, 0.15) is 5.75 Å². The predicted molar refractivity (Wildman–Crippen MR) is 121 cm³/mol. The van der Waals surface area contributed by atoms with E-state index >= 15 is 0 Å². The molecule has 1 saturated heterocycles. The number of nitrogens with zero attached hydrogens (tertiary/aromatic N) is 4. The van der Waals surface area contributed by atoms with Gasteiger partial charge in [0.15, 0.2) is 12.3 Å². The lowest BCUT2D eigenvalue weighted by Gasteiger charge is -2.32. The first-order valence-electron chi connectivity index (χ1n) is 10.5.